The minimum absolute atomic E-state index is 0.0833. The van der Waals surface area contributed by atoms with Crippen molar-refractivity contribution in [3.63, 3.8) is 0 Å². The van der Waals surface area contributed by atoms with Gasteiger partial charge >= 0.3 is 5.97 Å². The number of unbranched alkanes of at least 4 members (excludes halogenated alkanes) is 5. The smallest absolute Gasteiger partial charge is 0.302 e. The molecule has 0 heterocycles. The molecule has 0 aromatic heterocycles. The third kappa shape index (κ3) is 13.1. The van der Waals surface area contributed by atoms with Gasteiger partial charge in [0.05, 0.1) is 6.10 Å². The molecule has 0 spiro atoms. The van der Waals surface area contributed by atoms with Gasteiger partial charge in [-0.3, -0.25) is 4.79 Å². The summed E-state index contributed by atoms with van der Waals surface area (Å²) in [7, 11) is 0. The first-order valence-corrected chi connectivity index (χ1v) is 6.99. The Hall–Kier alpha value is -0.790. The van der Waals surface area contributed by atoms with Crippen LogP contribution in [0.5, 0.6) is 0 Å². The van der Waals surface area contributed by atoms with Crippen LogP contribution in [0.1, 0.15) is 72.1 Å². The first-order chi connectivity index (χ1) is 8.16. The fourth-order valence-corrected chi connectivity index (χ4v) is 1.85. The zero-order valence-electron chi connectivity index (χ0n) is 11.7. The van der Waals surface area contributed by atoms with Crippen molar-refractivity contribution in [2.45, 2.75) is 78.2 Å². The summed E-state index contributed by atoms with van der Waals surface area (Å²) in [5, 5.41) is 0. The fraction of sp³-hybridized carbons (Fsp3) is 0.800. The lowest BCUT2D eigenvalue weighted by Gasteiger charge is -2.10. The molecule has 0 unspecified atom stereocenters. The van der Waals surface area contributed by atoms with E-state index in [-0.39, 0.29) is 12.1 Å². The van der Waals surface area contributed by atoms with E-state index in [1.54, 1.807) is 0 Å². The maximum atomic E-state index is 10.7. The van der Waals surface area contributed by atoms with Gasteiger partial charge in [0.2, 0.25) is 0 Å². The second-order valence-corrected chi connectivity index (χ2v) is 4.64. The Morgan fingerprint density at radius 3 is 2.41 bits per heavy atom. The summed E-state index contributed by atoms with van der Waals surface area (Å²) in [6.07, 6.45) is 14.3. The van der Waals surface area contributed by atoms with Crippen LogP contribution >= 0.6 is 0 Å². The third-order valence-electron chi connectivity index (χ3n) is 2.75. The quantitative estimate of drug-likeness (QED) is 0.316. The number of hydrogen-bond donors (Lipinski definition) is 0. The van der Waals surface area contributed by atoms with Crippen LogP contribution in [-0.4, -0.2) is 12.1 Å². The minimum atomic E-state index is -0.166. The number of carbonyl (C=O) groups is 1. The molecule has 0 radical (unpaired) electrons. The molecule has 0 amide bonds. The van der Waals surface area contributed by atoms with E-state index >= 15 is 0 Å². The average Bonchev–Trinajstić information content (AvgIpc) is 2.26. The number of allylic oxidation sites excluding steroid dienone is 2. The van der Waals surface area contributed by atoms with Crippen LogP contribution in [0.2, 0.25) is 0 Å². The van der Waals surface area contributed by atoms with Crippen LogP contribution in [0.4, 0.5) is 0 Å². The van der Waals surface area contributed by atoms with Crippen molar-refractivity contribution in [2.24, 2.45) is 0 Å². The predicted octanol–water partition coefficient (Wildman–Crippen LogP) is 4.63. The van der Waals surface area contributed by atoms with Gasteiger partial charge in [0.25, 0.3) is 0 Å². The molecule has 0 rings (SSSR count). The zero-order chi connectivity index (χ0) is 12.9. The molecule has 0 aliphatic rings. The molecular formula is C15H28O2. The van der Waals surface area contributed by atoms with E-state index in [4.69, 9.17) is 4.74 Å². The van der Waals surface area contributed by atoms with Crippen LogP contribution in [0, 0.1) is 0 Å². The van der Waals surface area contributed by atoms with Crippen molar-refractivity contribution in [3.8, 4) is 0 Å². The molecule has 0 saturated heterocycles. The van der Waals surface area contributed by atoms with Gasteiger partial charge in [0, 0.05) is 6.92 Å². The van der Waals surface area contributed by atoms with E-state index in [1.807, 2.05) is 6.92 Å². The normalized spacial score (nSPS) is 12.9. The molecule has 0 N–H and O–H groups in total. The highest BCUT2D eigenvalue weighted by Crippen LogP contribution is 2.10. The van der Waals surface area contributed by atoms with E-state index in [9.17, 15) is 4.79 Å². The SMILES string of the molecule is CCC=CCCCCCCC[C@H](C)OC(C)=O. The monoisotopic (exact) mass is 240 g/mol. The first-order valence-electron chi connectivity index (χ1n) is 6.99. The molecule has 2 nitrogen and oxygen atoms in total. The molecule has 0 aliphatic heterocycles. The van der Waals surface area contributed by atoms with Gasteiger partial charge in [-0.1, -0.05) is 38.3 Å². The van der Waals surface area contributed by atoms with Crippen molar-refractivity contribution in [2.75, 3.05) is 0 Å². The second-order valence-electron chi connectivity index (χ2n) is 4.64. The van der Waals surface area contributed by atoms with Gasteiger partial charge in [0.1, 0.15) is 0 Å². The highest BCUT2D eigenvalue weighted by Gasteiger charge is 2.04. The largest absolute Gasteiger partial charge is 0.463 e. The van der Waals surface area contributed by atoms with E-state index in [1.165, 1.54) is 45.4 Å². The topological polar surface area (TPSA) is 26.3 Å². The van der Waals surface area contributed by atoms with Crippen LogP contribution < -0.4 is 0 Å². The Labute approximate surface area is 106 Å². The molecule has 17 heavy (non-hydrogen) atoms. The molecule has 0 bridgehead atoms. The number of hydrogen-bond acceptors (Lipinski definition) is 2. The maximum Gasteiger partial charge on any atom is 0.302 e. The molecule has 0 aromatic carbocycles. The van der Waals surface area contributed by atoms with Crippen LogP contribution in [0.25, 0.3) is 0 Å². The van der Waals surface area contributed by atoms with Gasteiger partial charge in [0.15, 0.2) is 0 Å². The van der Waals surface area contributed by atoms with Crippen molar-refractivity contribution >= 4 is 5.97 Å². The number of ether oxygens (including phenoxy) is 1. The summed E-state index contributed by atoms with van der Waals surface area (Å²) >= 11 is 0. The molecule has 0 aromatic rings. The van der Waals surface area contributed by atoms with Crippen LogP contribution in [0.3, 0.4) is 0 Å². The van der Waals surface area contributed by atoms with Gasteiger partial charge in [-0.2, -0.15) is 0 Å². The van der Waals surface area contributed by atoms with Crippen LogP contribution in [-0.2, 0) is 9.53 Å². The molecule has 100 valence electrons. The fourth-order valence-electron chi connectivity index (χ4n) is 1.85. The summed E-state index contributed by atoms with van der Waals surface area (Å²) in [5.41, 5.74) is 0. The molecule has 0 fully saturated rings. The van der Waals surface area contributed by atoms with Gasteiger partial charge < -0.3 is 4.74 Å². The Balaban J connectivity index is 3.18. The Bertz CT molecular complexity index is 209. The average molecular weight is 240 g/mol. The highest BCUT2D eigenvalue weighted by molar-refractivity contribution is 5.66. The van der Waals surface area contributed by atoms with E-state index in [2.05, 4.69) is 19.1 Å². The Morgan fingerprint density at radius 1 is 1.12 bits per heavy atom. The standard InChI is InChI=1S/C15H28O2/c1-4-5-6-7-8-9-10-11-12-13-14(2)17-15(3)16/h5-6,14H,4,7-13H2,1-3H3/t14-/m0/s1. The van der Waals surface area contributed by atoms with E-state index < -0.39 is 0 Å². The molecular weight excluding hydrogens is 212 g/mol. The number of carbonyl (C=O) groups excluding carboxylic acids is 1. The highest BCUT2D eigenvalue weighted by atomic mass is 16.5. The van der Waals surface area contributed by atoms with Crippen LogP contribution in [0.15, 0.2) is 12.2 Å². The molecule has 0 saturated carbocycles. The van der Waals surface area contributed by atoms with Crippen molar-refractivity contribution < 1.29 is 9.53 Å². The minimum Gasteiger partial charge on any atom is -0.463 e. The first kappa shape index (κ1) is 16.2. The lowest BCUT2D eigenvalue weighted by atomic mass is 10.1. The second kappa shape index (κ2) is 11.7. The van der Waals surface area contributed by atoms with Gasteiger partial charge in [-0.15, -0.1) is 0 Å². The lowest BCUT2D eigenvalue weighted by Crippen LogP contribution is -2.11. The summed E-state index contributed by atoms with van der Waals surface area (Å²) in [4.78, 5) is 10.7. The summed E-state index contributed by atoms with van der Waals surface area (Å²) in [6, 6.07) is 0. The molecule has 1 atom stereocenters. The summed E-state index contributed by atoms with van der Waals surface area (Å²) < 4.78 is 5.07. The molecule has 0 aliphatic carbocycles. The molecule has 2 heteroatoms. The Morgan fingerprint density at radius 2 is 1.76 bits per heavy atom. The summed E-state index contributed by atoms with van der Waals surface area (Å²) in [6.45, 7) is 5.61. The van der Waals surface area contributed by atoms with Crippen molar-refractivity contribution in [1.82, 2.24) is 0 Å². The predicted molar refractivity (Wildman–Crippen MR) is 73.0 cm³/mol. The third-order valence-corrected chi connectivity index (χ3v) is 2.75. The van der Waals surface area contributed by atoms with Gasteiger partial charge in [-0.25, -0.2) is 0 Å². The van der Waals surface area contributed by atoms with Gasteiger partial charge in [-0.05, 0) is 39.0 Å². The van der Waals surface area contributed by atoms with Crippen molar-refractivity contribution in [3.05, 3.63) is 12.2 Å². The Kier molecular flexibility index (Phi) is 11.1. The maximum absolute atomic E-state index is 10.7. The number of rotatable bonds is 10. The zero-order valence-corrected chi connectivity index (χ0v) is 11.7. The summed E-state index contributed by atoms with van der Waals surface area (Å²) in [5.74, 6) is -0.166. The van der Waals surface area contributed by atoms with E-state index in [0.717, 1.165) is 12.8 Å². The number of esters is 1. The lowest BCUT2D eigenvalue weighted by molar-refractivity contribution is -0.145. The van der Waals surface area contributed by atoms with Crippen molar-refractivity contribution in [1.29, 1.82) is 0 Å². The van der Waals surface area contributed by atoms with E-state index in [0.29, 0.717) is 0 Å².